The van der Waals surface area contributed by atoms with E-state index in [1.807, 2.05) is 13.8 Å². The Labute approximate surface area is 128 Å². The minimum absolute atomic E-state index is 0.0513. The molecule has 0 spiro atoms. The van der Waals surface area contributed by atoms with Crippen molar-refractivity contribution in [1.82, 2.24) is 0 Å². The number of methoxy groups -OCH3 is 2. The van der Waals surface area contributed by atoms with Crippen LogP contribution in [-0.2, 0) is 0 Å². The fraction of sp³-hybridized carbons (Fsp3) is 0.438. The number of aliphatic hydroxyl groups excluding tert-OH is 1. The van der Waals surface area contributed by atoms with E-state index in [1.54, 1.807) is 12.1 Å². The topological polar surface area (TPSA) is 78.1 Å². The van der Waals surface area contributed by atoms with Gasteiger partial charge >= 0.3 is 5.63 Å². The average molecular weight is 308 g/mol. The third-order valence-electron chi connectivity index (χ3n) is 3.38. The highest BCUT2D eigenvalue weighted by Gasteiger charge is 2.20. The zero-order valence-electron chi connectivity index (χ0n) is 13.1. The van der Waals surface area contributed by atoms with Crippen molar-refractivity contribution in [2.24, 2.45) is 5.92 Å². The first-order chi connectivity index (χ1) is 10.5. The van der Waals surface area contributed by atoms with Crippen molar-refractivity contribution in [1.29, 1.82) is 0 Å². The van der Waals surface area contributed by atoms with Crippen molar-refractivity contribution in [2.75, 3.05) is 20.8 Å². The monoisotopic (exact) mass is 308 g/mol. The van der Waals surface area contributed by atoms with Gasteiger partial charge in [0.25, 0.3) is 0 Å². The molecule has 0 bridgehead atoms. The number of fused-ring (bicyclic) bond motifs is 1. The summed E-state index contributed by atoms with van der Waals surface area (Å²) in [6.45, 7) is 3.86. The molecule has 1 atom stereocenters. The van der Waals surface area contributed by atoms with Crippen molar-refractivity contribution in [3.8, 4) is 17.2 Å². The SMILES string of the molecule is COc1cc2ccc(=O)oc2c(OC)c1OCC(O)C(C)C. The summed E-state index contributed by atoms with van der Waals surface area (Å²) in [6.07, 6.45) is -0.632. The molecule has 1 unspecified atom stereocenters. The van der Waals surface area contributed by atoms with E-state index < -0.39 is 11.7 Å². The predicted octanol–water partition coefficient (Wildman–Crippen LogP) is 2.21. The molecule has 2 aromatic rings. The van der Waals surface area contributed by atoms with Crippen LogP contribution in [0.25, 0.3) is 11.0 Å². The molecule has 1 aromatic carbocycles. The molecule has 0 amide bonds. The summed E-state index contributed by atoms with van der Waals surface area (Å²) >= 11 is 0. The number of benzene rings is 1. The molecule has 6 heteroatoms. The fourth-order valence-corrected chi connectivity index (χ4v) is 1.97. The van der Waals surface area contributed by atoms with Crippen LogP contribution in [0, 0.1) is 5.92 Å². The second kappa shape index (κ2) is 6.70. The first kappa shape index (κ1) is 16.2. The van der Waals surface area contributed by atoms with Crippen LogP contribution in [0.2, 0.25) is 0 Å². The third kappa shape index (κ3) is 3.17. The van der Waals surface area contributed by atoms with E-state index in [-0.39, 0.29) is 23.9 Å². The highest BCUT2D eigenvalue weighted by Crippen LogP contribution is 2.43. The van der Waals surface area contributed by atoms with Crippen LogP contribution >= 0.6 is 0 Å². The molecule has 22 heavy (non-hydrogen) atoms. The van der Waals surface area contributed by atoms with Gasteiger partial charge in [0, 0.05) is 11.5 Å². The van der Waals surface area contributed by atoms with Crippen LogP contribution in [0.4, 0.5) is 0 Å². The van der Waals surface area contributed by atoms with Crippen LogP contribution in [-0.4, -0.2) is 32.0 Å². The molecule has 1 N–H and O–H groups in total. The standard InChI is InChI=1S/C16H20O6/c1-9(2)11(17)8-21-15-12(19-3)7-10-5-6-13(18)22-14(10)16(15)20-4/h5-7,9,11,17H,8H2,1-4H3. The van der Waals surface area contributed by atoms with E-state index in [1.165, 1.54) is 20.3 Å². The van der Waals surface area contributed by atoms with Gasteiger partial charge in [-0.3, -0.25) is 0 Å². The van der Waals surface area contributed by atoms with Gasteiger partial charge in [-0.15, -0.1) is 0 Å². The Balaban J connectivity index is 2.52. The van der Waals surface area contributed by atoms with Crippen molar-refractivity contribution in [3.05, 3.63) is 28.6 Å². The second-order valence-corrected chi connectivity index (χ2v) is 5.24. The van der Waals surface area contributed by atoms with Crippen molar-refractivity contribution < 1.29 is 23.7 Å². The maximum absolute atomic E-state index is 11.4. The van der Waals surface area contributed by atoms with Crippen molar-refractivity contribution in [2.45, 2.75) is 20.0 Å². The Morgan fingerprint density at radius 3 is 2.50 bits per heavy atom. The van der Waals surface area contributed by atoms with Crippen molar-refractivity contribution in [3.63, 3.8) is 0 Å². The molecule has 0 aliphatic rings. The van der Waals surface area contributed by atoms with Crippen LogP contribution in [0.5, 0.6) is 17.2 Å². The minimum Gasteiger partial charge on any atom is -0.493 e. The lowest BCUT2D eigenvalue weighted by Crippen LogP contribution is -2.23. The largest absolute Gasteiger partial charge is 0.493 e. The summed E-state index contributed by atoms with van der Waals surface area (Å²) < 4.78 is 21.5. The quantitative estimate of drug-likeness (QED) is 0.824. The predicted molar refractivity (Wildman–Crippen MR) is 81.9 cm³/mol. The summed E-state index contributed by atoms with van der Waals surface area (Å²) in [5.74, 6) is 1.05. The average Bonchev–Trinajstić information content (AvgIpc) is 2.50. The van der Waals surface area contributed by atoms with Gasteiger partial charge in [-0.25, -0.2) is 4.79 Å². The van der Waals surface area contributed by atoms with Crippen molar-refractivity contribution >= 4 is 11.0 Å². The Hall–Kier alpha value is -2.21. The van der Waals surface area contributed by atoms with Gasteiger partial charge in [0.15, 0.2) is 11.3 Å². The highest BCUT2D eigenvalue weighted by molar-refractivity contribution is 5.88. The maximum atomic E-state index is 11.4. The number of hydrogen-bond acceptors (Lipinski definition) is 6. The molecule has 6 nitrogen and oxygen atoms in total. The first-order valence-corrected chi connectivity index (χ1v) is 6.97. The van der Waals surface area contributed by atoms with Crippen LogP contribution in [0.15, 0.2) is 27.4 Å². The van der Waals surface area contributed by atoms with Gasteiger partial charge < -0.3 is 23.7 Å². The van der Waals surface area contributed by atoms with E-state index in [9.17, 15) is 9.90 Å². The molecule has 120 valence electrons. The Kier molecular flexibility index (Phi) is 4.92. The van der Waals surface area contributed by atoms with Crippen LogP contribution in [0.1, 0.15) is 13.8 Å². The molecular weight excluding hydrogens is 288 g/mol. The maximum Gasteiger partial charge on any atom is 0.336 e. The lowest BCUT2D eigenvalue weighted by molar-refractivity contribution is 0.0677. The number of aliphatic hydroxyl groups is 1. The lowest BCUT2D eigenvalue weighted by atomic mass is 10.1. The molecule has 0 aliphatic carbocycles. The Bertz CT molecular complexity index is 704. The first-order valence-electron chi connectivity index (χ1n) is 6.97. The zero-order valence-corrected chi connectivity index (χ0v) is 13.1. The molecule has 0 radical (unpaired) electrons. The second-order valence-electron chi connectivity index (χ2n) is 5.24. The Morgan fingerprint density at radius 2 is 1.91 bits per heavy atom. The van der Waals surface area contributed by atoms with Gasteiger partial charge in [-0.05, 0) is 18.1 Å². The molecular formula is C16H20O6. The fourth-order valence-electron chi connectivity index (χ4n) is 1.97. The smallest absolute Gasteiger partial charge is 0.336 e. The van der Waals surface area contributed by atoms with Gasteiger partial charge in [0.05, 0.1) is 20.3 Å². The molecule has 2 rings (SSSR count). The molecule has 0 fully saturated rings. The Morgan fingerprint density at radius 1 is 1.18 bits per heavy atom. The minimum atomic E-state index is -0.632. The number of hydrogen-bond donors (Lipinski definition) is 1. The molecule has 0 saturated carbocycles. The summed E-state index contributed by atoms with van der Waals surface area (Å²) in [5.41, 5.74) is -0.200. The van der Waals surface area contributed by atoms with Gasteiger partial charge in [0.1, 0.15) is 6.61 Å². The van der Waals surface area contributed by atoms with Crippen LogP contribution in [0.3, 0.4) is 0 Å². The summed E-state index contributed by atoms with van der Waals surface area (Å²) in [6, 6.07) is 4.64. The highest BCUT2D eigenvalue weighted by atomic mass is 16.5. The lowest BCUT2D eigenvalue weighted by Gasteiger charge is -2.19. The number of rotatable bonds is 6. The zero-order chi connectivity index (χ0) is 16.3. The summed E-state index contributed by atoms with van der Waals surface area (Å²) in [7, 11) is 2.96. The normalized spacial score (nSPS) is 12.5. The molecule has 0 saturated heterocycles. The molecule has 1 heterocycles. The van der Waals surface area contributed by atoms with E-state index in [0.29, 0.717) is 16.9 Å². The molecule has 0 aliphatic heterocycles. The number of ether oxygens (including phenoxy) is 3. The van der Waals surface area contributed by atoms with E-state index >= 15 is 0 Å². The van der Waals surface area contributed by atoms with Gasteiger partial charge in [0.2, 0.25) is 11.5 Å². The summed E-state index contributed by atoms with van der Waals surface area (Å²) in [5, 5.41) is 10.5. The van der Waals surface area contributed by atoms with Gasteiger partial charge in [-0.2, -0.15) is 0 Å². The molecule has 1 aromatic heterocycles. The van der Waals surface area contributed by atoms with E-state index in [2.05, 4.69) is 0 Å². The van der Waals surface area contributed by atoms with Gasteiger partial charge in [-0.1, -0.05) is 13.8 Å². The van der Waals surface area contributed by atoms with Crippen LogP contribution < -0.4 is 19.8 Å². The van der Waals surface area contributed by atoms with E-state index in [4.69, 9.17) is 18.6 Å². The third-order valence-corrected chi connectivity index (χ3v) is 3.38. The van der Waals surface area contributed by atoms with E-state index in [0.717, 1.165) is 0 Å². The summed E-state index contributed by atoms with van der Waals surface area (Å²) in [4.78, 5) is 11.4.